The minimum Gasteiger partial charge on any atom is -0.374 e. The van der Waals surface area contributed by atoms with E-state index in [4.69, 9.17) is 29.4 Å². The van der Waals surface area contributed by atoms with E-state index in [0.29, 0.717) is 6.61 Å². The highest BCUT2D eigenvalue weighted by molar-refractivity contribution is 5.13. The van der Waals surface area contributed by atoms with Crippen molar-refractivity contribution < 1.29 is 28.1 Å². The van der Waals surface area contributed by atoms with Crippen LogP contribution in [0.4, 0.5) is 4.39 Å². The second-order valence-corrected chi connectivity index (χ2v) is 13.5. The van der Waals surface area contributed by atoms with Crippen LogP contribution in [0.15, 0.2) is 30.3 Å². The summed E-state index contributed by atoms with van der Waals surface area (Å²) >= 11 is 0. The first-order valence-corrected chi connectivity index (χ1v) is 17.4. The second kappa shape index (κ2) is 19.4. The molecular formula is C36H62FNO5. The lowest BCUT2D eigenvalue weighted by molar-refractivity contribution is -0.263. The molecule has 2 aliphatic rings. The predicted molar refractivity (Wildman–Crippen MR) is 171 cm³/mol. The first-order valence-electron chi connectivity index (χ1n) is 17.4. The molecule has 0 saturated carbocycles. The minimum absolute atomic E-state index is 0.0605. The van der Waals surface area contributed by atoms with Gasteiger partial charge in [0, 0.05) is 5.92 Å². The molecule has 2 heterocycles. The van der Waals surface area contributed by atoms with Gasteiger partial charge in [0.25, 0.3) is 0 Å². The highest BCUT2D eigenvalue weighted by Gasteiger charge is 2.46. The molecule has 43 heavy (non-hydrogen) atoms. The quantitative estimate of drug-likeness (QED) is 0.141. The number of ether oxygens (including phenoxy) is 5. The van der Waals surface area contributed by atoms with Crippen LogP contribution in [0.2, 0.25) is 0 Å². The van der Waals surface area contributed by atoms with Crippen molar-refractivity contribution in [1.82, 2.24) is 0 Å². The largest absolute Gasteiger partial charge is 0.374 e. The second-order valence-electron chi connectivity index (χ2n) is 13.5. The average molecular weight is 608 g/mol. The van der Waals surface area contributed by atoms with E-state index in [1.807, 2.05) is 58.0 Å². The fraction of sp³-hybridized carbons (Fsp3) is 0.833. The molecule has 3 rings (SSSR count). The standard InChI is InChI=1S/C36H62FNO5/c1-6-7-8-9-10-11-12-13-14-15-16-20-23-31-34(43-36(4,5)42-31)30(38)25-40-35-28(3)27(2)33(37)32(41-35)26-39-24-29-21-18-17-19-22-29/h17-19,21-22,27-28,30-35H,6-16,20,23-26,38H2,1-5H3/t27-,28?,30+,31-,32?,33+,34+,35+/m1/s1. The lowest BCUT2D eigenvalue weighted by Crippen LogP contribution is -2.52. The van der Waals surface area contributed by atoms with E-state index in [-0.39, 0.29) is 43.3 Å². The van der Waals surface area contributed by atoms with Crippen LogP contribution in [-0.2, 0) is 30.3 Å². The highest BCUT2D eigenvalue weighted by Crippen LogP contribution is 2.35. The molecule has 0 bridgehead atoms. The monoisotopic (exact) mass is 607 g/mol. The molecule has 0 spiro atoms. The molecule has 1 aromatic carbocycles. The number of unbranched alkanes of at least 4 members (excludes halogenated alkanes) is 11. The van der Waals surface area contributed by atoms with Crippen molar-refractivity contribution >= 4 is 0 Å². The molecule has 1 aromatic rings. The molecule has 248 valence electrons. The lowest BCUT2D eigenvalue weighted by Gasteiger charge is -2.41. The van der Waals surface area contributed by atoms with Gasteiger partial charge in [-0.2, -0.15) is 0 Å². The van der Waals surface area contributed by atoms with Gasteiger partial charge in [0.1, 0.15) is 18.4 Å². The number of hydrogen-bond acceptors (Lipinski definition) is 6. The third kappa shape index (κ3) is 12.7. The van der Waals surface area contributed by atoms with E-state index in [1.165, 1.54) is 70.6 Å². The smallest absolute Gasteiger partial charge is 0.163 e. The van der Waals surface area contributed by atoms with Crippen LogP contribution in [0, 0.1) is 11.8 Å². The zero-order valence-corrected chi connectivity index (χ0v) is 27.8. The predicted octanol–water partition coefficient (Wildman–Crippen LogP) is 8.49. The van der Waals surface area contributed by atoms with Crippen molar-refractivity contribution in [3.8, 4) is 0 Å². The van der Waals surface area contributed by atoms with Crippen LogP contribution in [0.1, 0.15) is 124 Å². The van der Waals surface area contributed by atoms with Crippen LogP contribution in [0.5, 0.6) is 0 Å². The summed E-state index contributed by atoms with van der Waals surface area (Å²) in [6.07, 6.45) is 14.1. The van der Waals surface area contributed by atoms with Gasteiger partial charge in [0.2, 0.25) is 0 Å². The molecule has 2 N–H and O–H groups in total. The topological polar surface area (TPSA) is 72.2 Å². The zero-order chi connectivity index (χ0) is 31.1. The van der Waals surface area contributed by atoms with Gasteiger partial charge in [0.05, 0.1) is 32.0 Å². The Kier molecular flexibility index (Phi) is 16.4. The van der Waals surface area contributed by atoms with Crippen molar-refractivity contribution in [1.29, 1.82) is 0 Å². The molecule has 8 atom stereocenters. The summed E-state index contributed by atoms with van der Waals surface area (Å²) in [6.45, 7) is 10.9. The molecule has 0 aliphatic carbocycles. The highest BCUT2D eigenvalue weighted by atomic mass is 19.1. The maximum atomic E-state index is 15.2. The summed E-state index contributed by atoms with van der Waals surface area (Å²) in [6, 6.07) is 9.52. The molecular weight excluding hydrogens is 545 g/mol. The zero-order valence-electron chi connectivity index (χ0n) is 27.8. The number of alkyl halides is 1. The van der Waals surface area contributed by atoms with E-state index in [9.17, 15) is 0 Å². The first-order chi connectivity index (χ1) is 20.7. The molecule has 0 amide bonds. The Hall–Kier alpha value is -1.09. The Balaban J connectivity index is 1.37. The lowest BCUT2D eigenvalue weighted by atomic mass is 9.85. The molecule has 7 heteroatoms. The number of nitrogens with two attached hydrogens (primary N) is 1. The minimum atomic E-state index is -1.12. The van der Waals surface area contributed by atoms with Gasteiger partial charge in [-0.05, 0) is 31.7 Å². The van der Waals surface area contributed by atoms with E-state index in [1.54, 1.807) is 0 Å². The maximum absolute atomic E-state index is 15.2. The Morgan fingerprint density at radius 1 is 0.837 bits per heavy atom. The van der Waals surface area contributed by atoms with Gasteiger partial charge in [-0.25, -0.2) is 4.39 Å². The van der Waals surface area contributed by atoms with Crippen LogP contribution in [0.25, 0.3) is 0 Å². The molecule has 0 aromatic heterocycles. The molecule has 2 aliphatic heterocycles. The van der Waals surface area contributed by atoms with E-state index in [0.717, 1.165) is 18.4 Å². The number of hydrogen-bond donors (Lipinski definition) is 1. The molecule has 6 nitrogen and oxygen atoms in total. The van der Waals surface area contributed by atoms with E-state index >= 15 is 4.39 Å². The Morgan fingerprint density at radius 2 is 1.44 bits per heavy atom. The van der Waals surface area contributed by atoms with Gasteiger partial charge >= 0.3 is 0 Å². The van der Waals surface area contributed by atoms with Crippen molar-refractivity contribution in [2.45, 2.75) is 167 Å². The van der Waals surface area contributed by atoms with Crippen molar-refractivity contribution in [2.75, 3.05) is 13.2 Å². The average Bonchev–Trinajstić information content (AvgIpc) is 3.31. The third-order valence-electron chi connectivity index (χ3n) is 9.26. The van der Waals surface area contributed by atoms with Crippen molar-refractivity contribution in [2.24, 2.45) is 17.6 Å². The summed E-state index contributed by atoms with van der Waals surface area (Å²) in [4.78, 5) is 0. The number of halogens is 1. The normalized spacial score (nSPS) is 29.6. The van der Waals surface area contributed by atoms with Gasteiger partial charge < -0.3 is 29.4 Å². The summed E-state index contributed by atoms with van der Waals surface area (Å²) in [5.74, 6) is -0.999. The summed E-state index contributed by atoms with van der Waals surface area (Å²) in [7, 11) is 0. The SMILES string of the molecule is CCCCCCCCCCCCCC[C@H]1OC(C)(C)O[C@H]1[C@@H](N)CO[C@H]1OC(COCc2ccccc2)[C@@H](F)[C@H](C)C1C. The fourth-order valence-corrected chi connectivity index (χ4v) is 6.37. The van der Waals surface area contributed by atoms with Crippen LogP contribution in [-0.4, -0.2) is 55.8 Å². The van der Waals surface area contributed by atoms with Gasteiger partial charge in [0.15, 0.2) is 12.1 Å². The Bertz CT molecular complexity index is 857. The summed E-state index contributed by atoms with van der Waals surface area (Å²) in [5.41, 5.74) is 7.70. The van der Waals surface area contributed by atoms with Crippen molar-refractivity contribution in [3.63, 3.8) is 0 Å². The third-order valence-corrected chi connectivity index (χ3v) is 9.26. The Morgan fingerprint density at radius 3 is 2.07 bits per heavy atom. The fourth-order valence-electron chi connectivity index (χ4n) is 6.37. The van der Waals surface area contributed by atoms with E-state index < -0.39 is 24.4 Å². The van der Waals surface area contributed by atoms with Crippen LogP contribution in [0.3, 0.4) is 0 Å². The van der Waals surface area contributed by atoms with Crippen LogP contribution < -0.4 is 5.73 Å². The Labute approximate surface area is 261 Å². The summed E-state index contributed by atoms with van der Waals surface area (Å²) in [5, 5.41) is 0. The summed E-state index contributed by atoms with van der Waals surface area (Å²) < 4.78 is 45.8. The van der Waals surface area contributed by atoms with E-state index in [2.05, 4.69) is 6.92 Å². The maximum Gasteiger partial charge on any atom is 0.163 e. The molecule has 2 fully saturated rings. The van der Waals surface area contributed by atoms with Crippen molar-refractivity contribution in [3.05, 3.63) is 35.9 Å². The molecule has 0 radical (unpaired) electrons. The number of rotatable bonds is 21. The molecule has 2 unspecified atom stereocenters. The first kappa shape index (κ1) is 36.4. The molecule has 2 saturated heterocycles. The van der Waals surface area contributed by atoms with Gasteiger partial charge in [-0.15, -0.1) is 0 Å². The van der Waals surface area contributed by atoms with Gasteiger partial charge in [-0.1, -0.05) is 128 Å². The number of benzene rings is 1. The van der Waals surface area contributed by atoms with Gasteiger partial charge in [-0.3, -0.25) is 0 Å². The van der Waals surface area contributed by atoms with Crippen LogP contribution >= 0.6 is 0 Å².